The SMILES string of the molecule is Cl.O=C(NC1(C2CC2)CC1)[C@H]1CCCN1. The van der Waals surface area contributed by atoms with E-state index < -0.39 is 0 Å². The Morgan fingerprint density at radius 2 is 2.00 bits per heavy atom. The second kappa shape index (κ2) is 3.95. The van der Waals surface area contributed by atoms with E-state index in [4.69, 9.17) is 0 Å². The fraction of sp³-hybridized carbons (Fsp3) is 0.909. The highest BCUT2D eigenvalue weighted by molar-refractivity contribution is 5.85. The molecule has 1 saturated heterocycles. The van der Waals surface area contributed by atoms with Crippen LogP contribution < -0.4 is 10.6 Å². The van der Waals surface area contributed by atoms with Crippen molar-refractivity contribution in [3.05, 3.63) is 0 Å². The van der Waals surface area contributed by atoms with E-state index in [2.05, 4.69) is 10.6 Å². The molecule has 0 spiro atoms. The van der Waals surface area contributed by atoms with Gasteiger partial charge in [0.25, 0.3) is 0 Å². The highest BCUT2D eigenvalue weighted by Crippen LogP contribution is 2.53. The molecule has 3 nitrogen and oxygen atoms in total. The summed E-state index contributed by atoms with van der Waals surface area (Å²) in [5.41, 5.74) is 0.251. The van der Waals surface area contributed by atoms with Crippen molar-refractivity contribution < 1.29 is 4.79 Å². The standard InChI is InChI=1S/C11H18N2O.ClH/c14-10(9-2-1-7-12-9)13-11(5-6-11)8-3-4-8;/h8-9,12H,1-7H2,(H,13,14);1H/t9-;/m1./s1. The second-order valence-corrected chi connectivity index (χ2v) is 5.07. The average Bonchev–Trinajstić information content (AvgIpc) is 3.07. The maximum atomic E-state index is 11.9. The van der Waals surface area contributed by atoms with Crippen LogP contribution in [-0.4, -0.2) is 24.0 Å². The third kappa shape index (κ3) is 2.13. The summed E-state index contributed by atoms with van der Waals surface area (Å²) < 4.78 is 0. The van der Waals surface area contributed by atoms with Crippen molar-refractivity contribution in [3.8, 4) is 0 Å². The Hall–Kier alpha value is -0.280. The zero-order chi connectivity index (χ0) is 9.60. The molecule has 4 heteroatoms. The van der Waals surface area contributed by atoms with Gasteiger partial charge >= 0.3 is 0 Å². The topological polar surface area (TPSA) is 41.1 Å². The summed E-state index contributed by atoms with van der Waals surface area (Å²) in [5.74, 6) is 1.07. The first-order valence-corrected chi connectivity index (χ1v) is 5.86. The van der Waals surface area contributed by atoms with Crippen molar-refractivity contribution in [1.29, 1.82) is 0 Å². The van der Waals surface area contributed by atoms with Crippen LogP contribution in [0.25, 0.3) is 0 Å². The Balaban J connectivity index is 0.000000853. The van der Waals surface area contributed by atoms with E-state index in [1.807, 2.05) is 0 Å². The second-order valence-electron chi connectivity index (χ2n) is 5.07. The molecule has 0 unspecified atom stereocenters. The lowest BCUT2D eigenvalue weighted by Crippen LogP contribution is -2.47. The molecule has 0 radical (unpaired) electrons. The lowest BCUT2D eigenvalue weighted by Gasteiger charge is -2.19. The van der Waals surface area contributed by atoms with Crippen LogP contribution in [0.2, 0.25) is 0 Å². The first-order chi connectivity index (χ1) is 6.80. The Labute approximate surface area is 96.8 Å². The van der Waals surface area contributed by atoms with Gasteiger partial charge in [0, 0.05) is 5.54 Å². The van der Waals surface area contributed by atoms with Gasteiger partial charge in [-0.05, 0) is 51.0 Å². The highest BCUT2D eigenvalue weighted by atomic mass is 35.5. The molecule has 0 bridgehead atoms. The maximum Gasteiger partial charge on any atom is 0.237 e. The van der Waals surface area contributed by atoms with Gasteiger partial charge in [0.15, 0.2) is 0 Å². The molecule has 1 aliphatic heterocycles. The smallest absolute Gasteiger partial charge is 0.237 e. The maximum absolute atomic E-state index is 11.9. The van der Waals surface area contributed by atoms with Crippen LogP contribution in [0.4, 0.5) is 0 Å². The van der Waals surface area contributed by atoms with Gasteiger partial charge in [-0.15, -0.1) is 12.4 Å². The number of amides is 1. The molecule has 15 heavy (non-hydrogen) atoms. The summed E-state index contributed by atoms with van der Waals surface area (Å²) in [7, 11) is 0. The molecule has 1 atom stereocenters. The highest BCUT2D eigenvalue weighted by Gasteiger charge is 2.55. The van der Waals surface area contributed by atoms with E-state index in [9.17, 15) is 4.79 Å². The zero-order valence-corrected chi connectivity index (χ0v) is 9.74. The van der Waals surface area contributed by atoms with Gasteiger partial charge in [0.1, 0.15) is 0 Å². The molecule has 3 rings (SSSR count). The summed E-state index contributed by atoms with van der Waals surface area (Å²) >= 11 is 0. The Morgan fingerprint density at radius 3 is 2.47 bits per heavy atom. The molecule has 3 fully saturated rings. The van der Waals surface area contributed by atoms with Crippen molar-refractivity contribution in [2.45, 2.75) is 50.1 Å². The largest absolute Gasteiger partial charge is 0.349 e. The third-order valence-corrected chi connectivity index (χ3v) is 3.90. The van der Waals surface area contributed by atoms with Crippen LogP contribution in [0.3, 0.4) is 0 Å². The summed E-state index contributed by atoms with van der Waals surface area (Å²) in [6, 6.07) is 0.103. The quantitative estimate of drug-likeness (QED) is 0.766. The fourth-order valence-corrected chi connectivity index (χ4v) is 2.65. The predicted octanol–water partition coefficient (Wildman–Crippen LogP) is 1.22. The van der Waals surface area contributed by atoms with Crippen molar-refractivity contribution >= 4 is 18.3 Å². The monoisotopic (exact) mass is 230 g/mol. The van der Waals surface area contributed by atoms with Crippen LogP contribution in [-0.2, 0) is 4.79 Å². The van der Waals surface area contributed by atoms with E-state index in [-0.39, 0.29) is 29.9 Å². The number of hydrogen-bond donors (Lipinski definition) is 2. The molecule has 86 valence electrons. The number of carbonyl (C=O) groups excluding carboxylic acids is 1. The zero-order valence-electron chi connectivity index (χ0n) is 8.92. The van der Waals surface area contributed by atoms with Crippen LogP contribution in [0.15, 0.2) is 0 Å². The van der Waals surface area contributed by atoms with Gasteiger partial charge in [-0.3, -0.25) is 4.79 Å². The van der Waals surface area contributed by atoms with Crippen LogP contribution in [0.5, 0.6) is 0 Å². The molecule has 2 aliphatic carbocycles. The van der Waals surface area contributed by atoms with Gasteiger partial charge < -0.3 is 10.6 Å². The fourth-order valence-electron chi connectivity index (χ4n) is 2.65. The average molecular weight is 231 g/mol. The normalized spacial score (nSPS) is 31.9. The van der Waals surface area contributed by atoms with E-state index in [0.29, 0.717) is 0 Å². The van der Waals surface area contributed by atoms with Crippen molar-refractivity contribution in [2.75, 3.05) is 6.54 Å². The summed E-state index contributed by atoms with van der Waals surface area (Å²) in [6.45, 7) is 1.01. The Kier molecular flexibility index (Phi) is 2.95. The summed E-state index contributed by atoms with van der Waals surface area (Å²) in [4.78, 5) is 11.9. The summed E-state index contributed by atoms with van der Waals surface area (Å²) in [6.07, 6.45) is 7.27. The van der Waals surface area contributed by atoms with Crippen LogP contribution in [0, 0.1) is 5.92 Å². The molecule has 0 aromatic rings. The van der Waals surface area contributed by atoms with E-state index in [1.54, 1.807) is 0 Å². The van der Waals surface area contributed by atoms with Crippen molar-refractivity contribution in [2.24, 2.45) is 5.92 Å². The molecular formula is C11H19ClN2O. The predicted molar refractivity (Wildman–Crippen MR) is 61.1 cm³/mol. The first-order valence-electron chi connectivity index (χ1n) is 5.86. The van der Waals surface area contributed by atoms with Crippen LogP contribution in [0.1, 0.15) is 38.5 Å². The number of rotatable bonds is 3. The van der Waals surface area contributed by atoms with Gasteiger partial charge in [-0.25, -0.2) is 0 Å². The number of hydrogen-bond acceptors (Lipinski definition) is 2. The number of nitrogens with one attached hydrogen (secondary N) is 2. The number of carbonyl (C=O) groups is 1. The minimum Gasteiger partial charge on any atom is -0.349 e. The van der Waals surface area contributed by atoms with E-state index >= 15 is 0 Å². The van der Waals surface area contributed by atoms with E-state index in [1.165, 1.54) is 25.7 Å². The van der Waals surface area contributed by atoms with Crippen molar-refractivity contribution in [3.63, 3.8) is 0 Å². The molecular weight excluding hydrogens is 212 g/mol. The molecule has 1 amide bonds. The minimum atomic E-state index is 0. The van der Waals surface area contributed by atoms with Gasteiger partial charge in [-0.1, -0.05) is 0 Å². The van der Waals surface area contributed by atoms with Crippen molar-refractivity contribution in [1.82, 2.24) is 10.6 Å². The lowest BCUT2D eigenvalue weighted by molar-refractivity contribution is -0.123. The Morgan fingerprint density at radius 1 is 1.27 bits per heavy atom. The van der Waals surface area contributed by atoms with Gasteiger partial charge in [0.2, 0.25) is 5.91 Å². The van der Waals surface area contributed by atoms with Gasteiger partial charge in [0.05, 0.1) is 6.04 Å². The molecule has 0 aromatic carbocycles. The Bertz CT molecular complexity index is 255. The third-order valence-electron chi connectivity index (χ3n) is 3.90. The van der Waals surface area contributed by atoms with Gasteiger partial charge in [-0.2, -0.15) is 0 Å². The first kappa shape index (κ1) is 11.2. The molecule has 2 saturated carbocycles. The molecule has 3 aliphatic rings. The molecule has 1 heterocycles. The van der Waals surface area contributed by atoms with E-state index in [0.717, 1.165) is 25.3 Å². The molecule has 0 aromatic heterocycles. The lowest BCUT2D eigenvalue weighted by atomic mass is 10.1. The minimum absolute atomic E-state index is 0. The molecule has 2 N–H and O–H groups in total. The number of halogens is 1. The summed E-state index contributed by atoms with van der Waals surface area (Å²) in [5, 5.41) is 6.52. The van der Waals surface area contributed by atoms with Crippen LogP contribution >= 0.6 is 12.4 Å².